The lowest BCUT2D eigenvalue weighted by Gasteiger charge is -1.99. The fraction of sp³-hybridized carbons (Fsp3) is 0. The van der Waals surface area contributed by atoms with Crippen LogP contribution in [0.1, 0.15) is 0 Å². The zero-order chi connectivity index (χ0) is 7.68. The van der Waals surface area contributed by atoms with Crippen LogP contribution in [0.4, 0.5) is 0 Å². The second kappa shape index (κ2) is 4.84. The highest BCUT2D eigenvalue weighted by molar-refractivity contribution is 5.85. The van der Waals surface area contributed by atoms with Gasteiger partial charge in [-0.25, -0.2) is 4.98 Å². The van der Waals surface area contributed by atoms with E-state index in [-0.39, 0.29) is 30.2 Å². The van der Waals surface area contributed by atoms with Gasteiger partial charge in [-0.1, -0.05) is 6.07 Å². The number of fused-ring (bicyclic) bond motifs is 1. The average molecular weight is 219 g/mol. The Kier molecular flexibility index (Phi) is 4.45. The van der Waals surface area contributed by atoms with Crippen LogP contribution in [0.25, 0.3) is 11.3 Å². The molecule has 0 atom stereocenters. The van der Waals surface area contributed by atoms with Crippen molar-refractivity contribution >= 4 is 24.8 Å². The summed E-state index contributed by atoms with van der Waals surface area (Å²) in [5, 5.41) is 0. The fourth-order valence-electron chi connectivity index (χ4n) is 1.02. The van der Waals surface area contributed by atoms with Gasteiger partial charge >= 0.3 is 0 Å². The zero-order valence-corrected chi connectivity index (χ0v) is 8.19. The van der Waals surface area contributed by atoms with Crippen LogP contribution in [0.5, 0.6) is 0 Å². The molecule has 1 aliphatic carbocycles. The average Bonchev–Trinajstić information content (AvgIpc) is 2.06. The normalized spacial score (nSPS) is 8.62. The van der Waals surface area contributed by atoms with E-state index in [1.165, 1.54) is 6.07 Å². The zero-order valence-electron chi connectivity index (χ0n) is 6.56. The largest absolute Gasteiger partial charge is 0.346 e. The van der Waals surface area contributed by atoms with Gasteiger partial charge in [0, 0.05) is 6.20 Å². The number of benzene rings is 1. The van der Waals surface area contributed by atoms with E-state index in [4.69, 9.17) is 0 Å². The highest BCUT2D eigenvalue weighted by Crippen LogP contribution is 2.09. The SMILES string of the molecule is Cl.Cl.O=c1cccc2[nH]cncc1-2. The summed E-state index contributed by atoms with van der Waals surface area (Å²) < 4.78 is 0. The van der Waals surface area contributed by atoms with Gasteiger partial charge in [-0.15, -0.1) is 24.8 Å². The third-order valence-corrected chi connectivity index (χ3v) is 1.56. The monoisotopic (exact) mass is 218 g/mol. The molecule has 1 N–H and O–H groups in total. The highest BCUT2D eigenvalue weighted by Gasteiger charge is 2.02. The number of nitrogens with one attached hydrogen (secondary N) is 1. The summed E-state index contributed by atoms with van der Waals surface area (Å²) in [4.78, 5) is 17.8. The summed E-state index contributed by atoms with van der Waals surface area (Å²) in [5.41, 5.74) is 1.47. The van der Waals surface area contributed by atoms with Crippen LogP contribution in [-0.2, 0) is 0 Å². The quantitative estimate of drug-likeness (QED) is 0.733. The van der Waals surface area contributed by atoms with Gasteiger partial charge in [0.2, 0.25) is 0 Å². The second-order valence-electron chi connectivity index (χ2n) is 2.27. The minimum atomic E-state index is 0. The predicted octanol–water partition coefficient (Wildman–Crippen LogP) is 1.72. The van der Waals surface area contributed by atoms with Gasteiger partial charge in [-0.2, -0.15) is 0 Å². The highest BCUT2D eigenvalue weighted by atomic mass is 35.5. The Balaban J connectivity index is 0.000000720. The molecule has 0 spiro atoms. The third-order valence-electron chi connectivity index (χ3n) is 1.56. The van der Waals surface area contributed by atoms with Crippen molar-refractivity contribution in [1.29, 1.82) is 0 Å². The fourth-order valence-corrected chi connectivity index (χ4v) is 1.02. The number of halogens is 2. The van der Waals surface area contributed by atoms with Crippen molar-refractivity contribution in [2.45, 2.75) is 0 Å². The summed E-state index contributed by atoms with van der Waals surface area (Å²) in [6.45, 7) is 0. The molecule has 3 nitrogen and oxygen atoms in total. The topological polar surface area (TPSA) is 45.8 Å². The van der Waals surface area contributed by atoms with E-state index in [2.05, 4.69) is 9.97 Å². The smallest absolute Gasteiger partial charge is 0.189 e. The summed E-state index contributed by atoms with van der Waals surface area (Å²) in [6, 6.07) is 5.09. The molecular weight excluding hydrogens is 211 g/mol. The Hall–Kier alpha value is -1.06. The number of rotatable bonds is 0. The maximum absolute atomic E-state index is 11.1. The molecule has 0 aromatic carbocycles. The maximum atomic E-state index is 11.1. The van der Waals surface area contributed by atoms with E-state index < -0.39 is 0 Å². The molecule has 2 aliphatic rings. The van der Waals surface area contributed by atoms with Crippen molar-refractivity contribution in [3.63, 3.8) is 0 Å². The Morgan fingerprint density at radius 2 is 2.00 bits per heavy atom. The molecule has 0 unspecified atom stereocenters. The molecule has 0 saturated carbocycles. The Morgan fingerprint density at radius 1 is 1.23 bits per heavy atom. The van der Waals surface area contributed by atoms with Crippen molar-refractivity contribution in [2.75, 3.05) is 0 Å². The summed E-state index contributed by atoms with van der Waals surface area (Å²) >= 11 is 0. The molecule has 0 amide bonds. The first-order chi connectivity index (χ1) is 5.38. The molecule has 0 saturated heterocycles. The van der Waals surface area contributed by atoms with Crippen molar-refractivity contribution in [3.8, 4) is 11.3 Å². The molecule has 5 heteroatoms. The first kappa shape index (κ1) is 11.9. The molecule has 13 heavy (non-hydrogen) atoms. The maximum Gasteiger partial charge on any atom is 0.189 e. The van der Waals surface area contributed by atoms with Crippen LogP contribution in [0.3, 0.4) is 0 Å². The van der Waals surface area contributed by atoms with Gasteiger partial charge in [-0.05, 0) is 12.1 Å². The molecule has 1 aliphatic heterocycles. The lowest BCUT2D eigenvalue weighted by atomic mass is 10.1. The first-order valence-corrected chi connectivity index (χ1v) is 3.29. The van der Waals surface area contributed by atoms with Gasteiger partial charge in [0.05, 0.1) is 17.6 Å². The summed E-state index contributed by atoms with van der Waals surface area (Å²) in [5.74, 6) is 0. The second-order valence-corrected chi connectivity index (χ2v) is 2.27. The number of aromatic nitrogens is 2. The minimum absolute atomic E-state index is 0. The van der Waals surface area contributed by atoms with E-state index in [0.717, 1.165) is 5.69 Å². The van der Waals surface area contributed by atoms with Crippen LogP contribution < -0.4 is 5.43 Å². The molecule has 1 heterocycles. The van der Waals surface area contributed by atoms with Gasteiger partial charge in [0.25, 0.3) is 0 Å². The Morgan fingerprint density at radius 3 is 2.69 bits per heavy atom. The summed E-state index contributed by atoms with van der Waals surface area (Å²) in [6.07, 6.45) is 3.12. The Bertz CT molecular complexity index is 402. The first-order valence-electron chi connectivity index (χ1n) is 3.29. The van der Waals surface area contributed by atoms with Gasteiger partial charge in [0.15, 0.2) is 5.43 Å². The molecule has 0 bridgehead atoms. The number of H-pyrrole nitrogens is 1. The van der Waals surface area contributed by atoms with E-state index in [1.807, 2.05) is 6.07 Å². The van der Waals surface area contributed by atoms with E-state index >= 15 is 0 Å². The lowest BCUT2D eigenvalue weighted by Crippen LogP contribution is -2.04. The van der Waals surface area contributed by atoms with Crippen LogP contribution in [0.15, 0.2) is 35.5 Å². The molecule has 0 aromatic rings. The predicted molar refractivity (Wildman–Crippen MR) is 56.0 cm³/mol. The molecular formula is C8H8Cl2N2O. The number of hydrogen-bond donors (Lipinski definition) is 1. The third kappa shape index (κ3) is 2.20. The van der Waals surface area contributed by atoms with Crippen molar-refractivity contribution in [3.05, 3.63) is 40.9 Å². The lowest BCUT2D eigenvalue weighted by molar-refractivity contribution is 1.16. The van der Waals surface area contributed by atoms with Gasteiger partial charge in [0.1, 0.15) is 0 Å². The van der Waals surface area contributed by atoms with E-state index in [9.17, 15) is 4.79 Å². The van der Waals surface area contributed by atoms with Gasteiger partial charge < -0.3 is 4.98 Å². The standard InChI is InChI=1S/C8H6N2O.2ClH/c11-8-3-1-2-7-6(8)4-9-5-10-7;;/h1-5H,(H,9,10);2*1H. The molecule has 0 fully saturated rings. The molecule has 0 radical (unpaired) electrons. The molecule has 2 rings (SSSR count). The summed E-state index contributed by atoms with van der Waals surface area (Å²) in [7, 11) is 0. The number of nitrogens with zero attached hydrogens (tertiary/aromatic N) is 1. The van der Waals surface area contributed by atoms with Crippen LogP contribution in [-0.4, -0.2) is 9.97 Å². The van der Waals surface area contributed by atoms with Crippen LogP contribution in [0.2, 0.25) is 0 Å². The van der Waals surface area contributed by atoms with Crippen molar-refractivity contribution in [2.24, 2.45) is 0 Å². The number of hydrogen-bond acceptors (Lipinski definition) is 2. The van der Waals surface area contributed by atoms with Gasteiger partial charge in [-0.3, -0.25) is 4.79 Å². The molecule has 70 valence electrons. The number of aromatic amines is 1. The van der Waals surface area contributed by atoms with E-state index in [0.29, 0.717) is 5.56 Å². The Labute approximate surface area is 87.4 Å². The van der Waals surface area contributed by atoms with Crippen LogP contribution >= 0.6 is 24.8 Å². The van der Waals surface area contributed by atoms with Crippen molar-refractivity contribution < 1.29 is 0 Å². The minimum Gasteiger partial charge on any atom is -0.346 e. The molecule has 0 aromatic heterocycles. The van der Waals surface area contributed by atoms with Crippen molar-refractivity contribution in [1.82, 2.24) is 9.97 Å². The van der Waals surface area contributed by atoms with Crippen LogP contribution in [0, 0.1) is 0 Å². The van der Waals surface area contributed by atoms with E-state index in [1.54, 1.807) is 18.6 Å².